The molecule has 0 radical (unpaired) electrons. The molecule has 1 saturated carbocycles. The van der Waals surface area contributed by atoms with Crippen LogP contribution in [0, 0.1) is 10.8 Å². The molecule has 1 aliphatic heterocycles. The number of Topliss-reactive ketones (excluding diaryl/α,β-unsaturated/α-hetero) is 1. The minimum Gasteiger partial charge on any atom is -0.385 e. The maximum absolute atomic E-state index is 12.6. The van der Waals surface area contributed by atoms with Gasteiger partial charge in [0.1, 0.15) is 10.3 Å². The second-order valence-electron chi connectivity index (χ2n) is 7.33. The van der Waals surface area contributed by atoms with Crippen LogP contribution in [-0.2, 0) is 9.53 Å². The second-order valence-corrected chi connectivity index (χ2v) is 10.3. The molecule has 2 bridgehead atoms. The topological polar surface area (TPSA) is 46.5 Å². The third kappa shape index (κ3) is 1.46. The van der Waals surface area contributed by atoms with Gasteiger partial charge in [-0.3, -0.25) is 4.79 Å². The molecule has 1 N–H and O–H groups in total. The maximum atomic E-state index is 12.6. The lowest BCUT2D eigenvalue weighted by Crippen LogP contribution is -2.65. The summed E-state index contributed by atoms with van der Waals surface area (Å²) in [5, 5.41) is 11.0. The summed E-state index contributed by atoms with van der Waals surface area (Å²) in [6, 6.07) is 0. The van der Waals surface area contributed by atoms with E-state index in [1.54, 1.807) is 13.0 Å². The molecule has 5 atom stereocenters. The van der Waals surface area contributed by atoms with Crippen LogP contribution in [0.3, 0.4) is 0 Å². The van der Waals surface area contributed by atoms with Crippen molar-refractivity contribution in [3.63, 3.8) is 0 Å². The Kier molecular flexibility index (Phi) is 2.88. The van der Waals surface area contributed by atoms with E-state index < -0.39 is 19.9 Å². The van der Waals surface area contributed by atoms with E-state index >= 15 is 0 Å². The summed E-state index contributed by atoms with van der Waals surface area (Å²) in [5.74, 6) is 0.137. The van der Waals surface area contributed by atoms with Gasteiger partial charge in [-0.25, -0.2) is 0 Å². The van der Waals surface area contributed by atoms with Crippen LogP contribution < -0.4 is 0 Å². The van der Waals surface area contributed by atoms with Crippen LogP contribution in [-0.4, -0.2) is 31.4 Å². The monoisotopic (exact) mass is 406 g/mol. The Labute approximate surface area is 136 Å². The first-order chi connectivity index (χ1) is 8.90. The van der Waals surface area contributed by atoms with E-state index in [1.165, 1.54) is 0 Å². The van der Waals surface area contributed by atoms with Crippen molar-refractivity contribution in [1.29, 1.82) is 0 Å². The summed E-state index contributed by atoms with van der Waals surface area (Å²) in [5.41, 5.74) is -2.06. The van der Waals surface area contributed by atoms with Crippen molar-refractivity contribution in [2.45, 2.75) is 61.1 Å². The number of carbonyl (C=O) groups excluding carboxylic acids is 1. The Morgan fingerprint density at radius 3 is 2.45 bits per heavy atom. The highest BCUT2D eigenvalue weighted by molar-refractivity contribution is 9.10. The van der Waals surface area contributed by atoms with Gasteiger partial charge in [-0.1, -0.05) is 35.9 Å². The van der Waals surface area contributed by atoms with Gasteiger partial charge in [0.2, 0.25) is 0 Å². The lowest BCUT2D eigenvalue weighted by atomic mass is 9.47. The first-order valence-electron chi connectivity index (χ1n) is 6.91. The molecular weight excluding hydrogens is 388 g/mol. The van der Waals surface area contributed by atoms with Gasteiger partial charge in [-0.2, -0.15) is 0 Å². The molecule has 0 aromatic heterocycles. The van der Waals surface area contributed by atoms with Crippen molar-refractivity contribution in [2.24, 2.45) is 10.8 Å². The van der Waals surface area contributed by atoms with Gasteiger partial charge in [0, 0.05) is 17.3 Å². The molecule has 112 valence electrons. The van der Waals surface area contributed by atoms with Crippen molar-refractivity contribution in [3.8, 4) is 0 Å². The predicted octanol–water partition coefficient (Wildman–Crippen LogP) is 3.33. The fraction of sp³-hybridized carbons (Fsp3) is 0.800. The van der Waals surface area contributed by atoms with Crippen molar-refractivity contribution in [1.82, 2.24) is 0 Å². The standard InChI is InChI=1S/C15H20Br2O3/c1-11(2)14-7-9(18)12(3,16)8-10(14)20-15(11,17)6-5-13(14,4)19/h5-6,10,19H,7-8H2,1-4H3. The summed E-state index contributed by atoms with van der Waals surface area (Å²) in [4.78, 5) is 12.6. The van der Waals surface area contributed by atoms with Crippen molar-refractivity contribution in [3.05, 3.63) is 12.2 Å². The highest BCUT2D eigenvalue weighted by Gasteiger charge is 2.77. The SMILES string of the molecule is CC1(Br)CC2OC3(Br)C=CC(C)(O)C2(CC1=O)C3(C)C. The number of rotatable bonds is 0. The van der Waals surface area contributed by atoms with Crippen LogP contribution in [0.15, 0.2) is 12.2 Å². The molecule has 2 aliphatic carbocycles. The number of fused-ring (bicyclic) bond motifs is 1. The smallest absolute Gasteiger partial charge is 0.150 e. The molecule has 0 aromatic rings. The lowest BCUT2D eigenvalue weighted by Gasteiger charge is -2.57. The molecule has 5 unspecified atom stereocenters. The second kappa shape index (κ2) is 3.79. The number of carbonyl (C=O) groups is 1. The van der Waals surface area contributed by atoms with Crippen LogP contribution in [0.2, 0.25) is 0 Å². The zero-order chi connectivity index (χ0) is 15.2. The van der Waals surface area contributed by atoms with Gasteiger partial charge in [0.05, 0.1) is 16.0 Å². The molecule has 3 rings (SSSR count). The first kappa shape index (κ1) is 15.2. The Hall–Kier alpha value is 0.290. The fourth-order valence-corrected chi connectivity index (χ4v) is 5.56. The first-order valence-corrected chi connectivity index (χ1v) is 8.50. The van der Waals surface area contributed by atoms with Gasteiger partial charge in [0.25, 0.3) is 0 Å². The normalized spacial score (nSPS) is 56.8. The molecule has 0 amide bonds. The van der Waals surface area contributed by atoms with Crippen molar-refractivity contribution >= 4 is 37.6 Å². The Morgan fingerprint density at radius 2 is 1.85 bits per heavy atom. The minimum atomic E-state index is -1.06. The zero-order valence-corrected chi connectivity index (χ0v) is 15.3. The number of alkyl halides is 2. The van der Waals surface area contributed by atoms with Gasteiger partial charge < -0.3 is 9.84 Å². The summed E-state index contributed by atoms with van der Waals surface area (Å²) in [7, 11) is 0. The number of halogens is 2. The number of hydrogen-bond donors (Lipinski definition) is 1. The molecule has 1 saturated heterocycles. The summed E-state index contributed by atoms with van der Waals surface area (Å²) < 4.78 is 5.09. The number of hydrogen-bond acceptors (Lipinski definition) is 3. The maximum Gasteiger partial charge on any atom is 0.150 e. The zero-order valence-electron chi connectivity index (χ0n) is 12.2. The highest BCUT2D eigenvalue weighted by atomic mass is 79.9. The molecule has 3 aliphatic rings. The van der Waals surface area contributed by atoms with E-state index in [0.717, 1.165) is 0 Å². The lowest BCUT2D eigenvalue weighted by molar-refractivity contribution is -0.156. The van der Waals surface area contributed by atoms with Crippen LogP contribution in [0.1, 0.15) is 40.5 Å². The van der Waals surface area contributed by atoms with E-state index in [1.807, 2.05) is 13.0 Å². The third-order valence-corrected chi connectivity index (χ3v) is 8.15. The molecule has 5 heteroatoms. The van der Waals surface area contributed by atoms with Crippen LogP contribution in [0.4, 0.5) is 0 Å². The average Bonchev–Trinajstić information content (AvgIpc) is 2.37. The van der Waals surface area contributed by atoms with E-state index in [-0.39, 0.29) is 17.3 Å². The van der Waals surface area contributed by atoms with Crippen molar-refractivity contribution in [2.75, 3.05) is 0 Å². The molecular formula is C15H20Br2O3. The van der Waals surface area contributed by atoms with E-state index in [0.29, 0.717) is 12.8 Å². The fourth-order valence-electron chi connectivity index (χ4n) is 4.42. The molecule has 3 nitrogen and oxygen atoms in total. The molecule has 0 aromatic carbocycles. The van der Waals surface area contributed by atoms with Gasteiger partial charge in [-0.15, -0.1) is 0 Å². The van der Waals surface area contributed by atoms with Gasteiger partial charge in [-0.05, 0) is 42.3 Å². The van der Waals surface area contributed by atoms with E-state index in [2.05, 4.69) is 45.7 Å². The summed E-state index contributed by atoms with van der Waals surface area (Å²) >= 11 is 7.24. The Balaban J connectivity index is 2.23. The highest BCUT2D eigenvalue weighted by Crippen LogP contribution is 2.72. The third-order valence-electron chi connectivity index (χ3n) is 5.95. The predicted molar refractivity (Wildman–Crippen MR) is 84.1 cm³/mol. The van der Waals surface area contributed by atoms with Crippen LogP contribution in [0.5, 0.6) is 0 Å². The van der Waals surface area contributed by atoms with Crippen molar-refractivity contribution < 1.29 is 14.6 Å². The largest absolute Gasteiger partial charge is 0.385 e. The van der Waals surface area contributed by atoms with E-state index in [9.17, 15) is 9.90 Å². The molecule has 1 heterocycles. The average molecular weight is 408 g/mol. The number of ether oxygens (including phenoxy) is 1. The van der Waals surface area contributed by atoms with Crippen LogP contribution >= 0.6 is 31.9 Å². The molecule has 20 heavy (non-hydrogen) atoms. The summed E-state index contributed by atoms with van der Waals surface area (Å²) in [6.07, 6.45) is 4.39. The van der Waals surface area contributed by atoms with E-state index in [4.69, 9.17) is 4.74 Å². The van der Waals surface area contributed by atoms with Gasteiger partial charge in [0.15, 0.2) is 0 Å². The van der Waals surface area contributed by atoms with Crippen LogP contribution in [0.25, 0.3) is 0 Å². The minimum absolute atomic E-state index is 0.137. The molecule has 1 spiro atoms. The number of ketones is 1. The van der Waals surface area contributed by atoms with Gasteiger partial charge >= 0.3 is 0 Å². The number of aliphatic hydroxyl groups is 1. The Morgan fingerprint density at radius 1 is 1.25 bits per heavy atom. The quantitative estimate of drug-likeness (QED) is 0.494. The Bertz CT molecular complexity index is 523. The summed E-state index contributed by atoms with van der Waals surface area (Å²) in [6.45, 7) is 7.83. The molecule has 2 fully saturated rings.